The van der Waals surface area contributed by atoms with Gasteiger partial charge < -0.3 is 0 Å². The number of aryl methyl sites for hydroxylation is 1. The third kappa shape index (κ3) is 3.84. The SMILES string of the molecule is Cn1cc(-c2c([N+](=O)[O-])c(=O)n(C(F)c3ccccc3)c(=O)n2C(F)c2ccccc2)cn1. The number of nitrogens with zero attached hydrogens (tertiary/aromatic N) is 5. The van der Waals surface area contributed by atoms with E-state index in [2.05, 4.69) is 5.10 Å². The predicted octanol–water partition coefficient (Wildman–Crippen LogP) is 3.35. The first-order chi connectivity index (χ1) is 15.8. The molecule has 9 nitrogen and oxygen atoms in total. The molecule has 0 aliphatic heterocycles. The molecule has 0 saturated heterocycles. The molecule has 4 rings (SSSR count). The highest BCUT2D eigenvalue weighted by Gasteiger charge is 2.35. The number of nitro groups is 1. The Morgan fingerprint density at radius 2 is 1.42 bits per heavy atom. The maximum absolute atomic E-state index is 15.8. The average Bonchev–Trinajstić information content (AvgIpc) is 3.25. The van der Waals surface area contributed by atoms with Crippen molar-refractivity contribution >= 4 is 5.69 Å². The van der Waals surface area contributed by atoms with Crippen LogP contribution in [0.3, 0.4) is 0 Å². The fourth-order valence-corrected chi connectivity index (χ4v) is 3.54. The monoisotopic (exact) mass is 453 g/mol. The second kappa shape index (κ2) is 8.61. The number of halogens is 2. The summed E-state index contributed by atoms with van der Waals surface area (Å²) in [4.78, 5) is 37.4. The van der Waals surface area contributed by atoms with Crippen LogP contribution < -0.4 is 11.2 Å². The second-order valence-corrected chi connectivity index (χ2v) is 7.18. The van der Waals surface area contributed by atoms with Crippen LogP contribution in [0.25, 0.3) is 11.3 Å². The van der Waals surface area contributed by atoms with Crippen molar-refractivity contribution in [2.24, 2.45) is 7.05 Å². The van der Waals surface area contributed by atoms with Gasteiger partial charge in [0.1, 0.15) is 5.69 Å². The van der Waals surface area contributed by atoms with E-state index in [4.69, 9.17) is 0 Å². The summed E-state index contributed by atoms with van der Waals surface area (Å²) in [6.45, 7) is 0. The van der Waals surface area contributed by atoms with E-state index in [0.29, 0.717) is 4.57 Å². The van der Waals surface area contributed by atoms with Crippen LogP contribution in [0.1, 0.15) is 23.7 Å². The van der Waals surface area contributed by atoms with E-state index in [9.17, 15) is 19.7 Å². The zero-order chi connectivity index (χ0) is 23.7. The number of hydrogen-bond donors (Lipinski definition) is 0. The van der Waals surface area contributed by atoms with Crippen molar-refractivity contribution in [2.45, 2.75) is 12.6 Å². The van der Waals surface area contributed by atoms with E-state index in [1.165, 1.54) is 66.5 Å². The first kappa shape index (κ1) is 21.8. The molecule has 0 fully saturated rings. The van der Waals surface area contributed by atoms with Gasteiger partial charge in [-0.05, 0) is 0 Å². The van der Waals surface area contributed by atoms with Gasteiger partial charge in [0.2, 0.25) is 12.6 Å². The molecule has 0 bridgehead atoms. The Hall–Kier alpha value is -4.41. The maximum Gasteiger partial charge on any atom is 0.358 e. The molecule has 33 heavy (non-hydrogen) atoms. The number of alkyl halides is 2. The molecule has 2 aromatic heterocycles. The lowest BCUT2D eigenvalue weighted by Gasteiger charge is -2.20. The van der Waals surface area contributed by atoms with Crippen LogP contribution in [-0.2, 0) is 7.05 Å². The maximum atomic E-state index is 15.8. The quantitative estimate of drug-likeness (QED) is 0.329. The molecule has 11 heteroatoms. The fraction of sp³-hybridized carbons (Fsp3) is 0.136. The van der Waals surface area contributed by atoms with Crippen LogP contribution in [0.5, 0.6) is 0 Å². The van der Waals surface area contributed by atoms with Gasteiger partial charge in [0.25, 0.3) is 0 Å². The van der Waals surface area contributed by atoms with Crippen molar-refractivity contribution in [1.29, 1.82) is 0 Å². The molecule has 2 unspecified atom stereocenters. The van der Waals surface area contributed by atoms with Gasteiger partial charge in [-0.3, -0.25) is 24.2 Å². The molecule has 168 valence electrons. The Kier molecular flexibility index (Phi) is 5.69. The largest absolute Gasteiger partial charge is 0.358 e. The summed E-state index contributed by atoms with van der Waals surface area (Å²) < 4.78 is 32.9. The highest BCUT2D eigenvalue weighted by molar-refractivity contribution is 5.68. The van der Waals surface area contributed by atoms with Gasteiger partial charge in [-0.15, -0.1) is 0 Å². The Balaban J connectivity index is 2.12. The molecular weight excluding hydrogens is 436 g/mol. The molecule has 4 aromatic rings. The fourth-order valence-electron chi connectivity index (χ4n) is 3.54. The van der Waals surface area contributed by atoms with Gasteiger partial charge in [-0.25, -0.2) is 18.1 Å². The normalized spacial score (nSPS) is 12.9. The Morgan fingerprint density at radius 3 is 1.88 bits per heavy atom. The van der Waals surface area contributed by atoms with Crippen LogP contribution in [0.4, 0.5) is 14.5 Å². The third-order valence-electron chi connectivity index (χ3n) is 5.06. The summed E-state index contributed by atoms with van der Waals surface area (Å²) in [5.74, 6) is 0. The summed E-state index contributed by atoms with van der Waals surface area (Å²) in [5, 5.41) is 15.9. The van der Waals surface area contributed by atoms with E-state index in [0.717, 1.165) is 6.20 Å². The molecule has 2 atom stereocenters. The summed E-state index contributed by atoms with van der Waals surface area (Å²) in [6.07, 6.45) is -2.17. The number of hydrogen-bond acceptors (Lipinski definition) is 5. The Morgan fingerprint density at radius 1 is 0.909 bits per heavy atom. The van der Waals surface area contributed by atoms with Crippen molar-refractivity contribution < 1.29 is 13.7 Å². The second-order valence-electron chi connectivity index (χ2n) is 7.18. The number of aromatic nitrogens is 4. The molecular formula is C22H17F2N5O4. The molecule has 0 amide bonds. The summed E-state index contributed by atoms with van der Waals surface area (Å²) in [6, 6.07) is 14.6. The van der Waals surface area contributed by atoms with E-state index >= 15 is 8.78 Å². The van der Waals surface area contributed by atoms with Crippen LogP contribution in [0.15, 0.2) is 82.6 Å². The first-order valence-electron chi connectivity index (χ1n) is 9.73. The van der Waals surface area contributed by atoms with Crippen molar-refractivity contribution in [2.75, 3.05) is 0 Å². The zero-order valence-corrected chi connectivity index (χ0v) is 17.2. The van der Waals surface area contributed by atoms with Gasteiger partial charge in [0, 0.05) is 29.9 Å². The molecule has 0 N–H and O–H groups in total. The third-order valence-corrected chi connectivity index (χ3v) is 5.06. The summed E-state index contributed by atoms with van der Waals surface area (Å²) >= 11 is 0. The summed E-state index contributed by atoms with van der Waals surface area (Å²) in [7, 11) is 1.51. The van der Waals surface area contributed by atoms with Gasteiger partial charge in [0.05, 0.1) is 11.1 Å². The van der Waals surface area contributed by atoms with Crippen molar-refractivity contribution in [3.05, 3.63) is 115 Å². The van der Waals surface area contributed by atoms with Crippen molar-refractivity contribution in [3.63, 3.8) is 0 Å². The van der Waals surface area contributed by atoms with Crippen molar-refractivity contribution in [1.82, 2.24) is 18.9 Å². The van der Waals surface area contributed by atoms with Crippen LogP contribution in [0, 0.1) is 10.1 Å². The minimum Gasteiger partial charge on any atom is -0.275 e. The molecule has 0 spiro atoms. The molecule has 2 heterocycles. The predicted molar refractivity (Wildman–Crippen MR) is 115 cm³/mol. The Bertz CT molecular complexity index is 1430. The lowest BCUT2D eigenvalue weighted by molar-refractivity contribution is -0.386. The van der Waals surface area contributed by atoms with E-state index in [1.807, 2.05) is 0 Å². The van der Waals surface area contributed by atoms with E-state index in [1.54, 1.807) is 12.1 Å². The molecule has 0 saturated carbocycles. The molecule has 0 radical (unpaired) electrons. The minimum absolute atomic E-state index is 0.0145. The highest BCUT2D eigenvalue weighted by atomic mass is 19.1. The van der Waals surface area contributed by atoms with Gasteiger partial charge in [-0.2, -0.15) is 5.10 Å². The minimum atomic E-state index is -2.37. The highest BCUT2D eigenvalue weighted by Crippen LogP contribution is 2.31. The number of rotatable bonds is 6. The van der Waals surface area contributed by atoms with E-state index < -0.39 is 40.1 Å². The smallest absolute Gasteiger partial charge is 0.275 e. The van der Waals surface area contributed by atoms with E-state index in [-0.39, 0.29) is 21.3 Å². The molecule has 2 aromatic carbocycles. The lowest BCUT2D eigenvalue weighted by atomic mass is 10.1. The topological polar surface area (TPSA) is 105 Å². The summed E-state index contributed by atoms with van der Waals surface area (Å²) in [5.41, 5.74) is -4.76. The molecule has 0 aliphatic rings. The standard InChI is InChI=1S/C22H17F2N5O4/c1-26-13-16(12-25-26)17-18(29(32)33)21(30)28(20(24)15-10-6-3-7-11-15)22(31)27(17)19(23)14-8-4-2-5-9-14/h2-13,19-20H,1H3. The lowest BCUT2D eigenvalue weighted by Crippen LogP contribution is -2.44. The Labute approximate surface area is 184 Å². The van der Waals surface area contributed by atoms with Gasteiger partial charge in [-0.1, -0.05) is 60.7 Å². The number of benzene rings is 2. The van der Waals surface area contributed by atoms with Gasteiger partial charge in [0.15, 0.2) is 0 Å². The average molecular weight is 453 g/mol. The van der Waals surface area contributed by atoms with Crippen molar-refractivity contribution in [3.8, 4) is 11.3 Å². The van der Waals surface area contributed by atoms with Crippen LogP contribution >= 0.6 is 0 Å². The van der Waals surface area contributed by atoms with Gasteiger partial charge >= 0.3 is 16.9 Å². The molecule has 0 aliphatic carbocycles. The first-order valence-corrected chi connectivity index (χ1v) is 9.73. The van der Waals surface area contributed by atoms with Crippen LogP contribution in [-0.4, -0.2) is 23.8 Å². The van der Waals surface area contributed by atoms with Crippen LogP contribution in [0.2, 0.25) is 0 Å². The zero-order valence-electron chi connectivity index (χ0n) is 17.2.